The molecule has 6 heteroatoms. The molecule has 1 amide bonds. The van der Waals surface area contributed by atoms with E-state index in [4.69, 9.17) is 9.47 Å². The van der Waals surface area contributed by atoms with Crippen molar-refractivity contribution in [2.45, 2.75) is 153 Å². The van der Waals surface area contributed by atoms with E-state index in [-0.39, 0.29) is 6.09 Å². The third-order valence-electron chi connectivity index (χ3n) is 8.32. The van der Waals surface area contributed by atoms with Crippen molar-refractivity contribution in [1.82, 2.24) is 0 Å². The summed E-state index contributed by atoms with van der Waals surface area (Å²) in [5, 5.41) is 0. The molecule has 1 aliphatic rings. The van der Waals surface area contributed by atoms with Crippen LogP contribution in [-0.4, -0.2) is 31.9 Å². The summed E-state index contributed by atoms with van der Waals surface area (Å²) < 4.78 is 11.4. The highest BCUT2D eigenvalue weighted by molar-refractivity contribution is 7.99. The molecule has 0 N–H and O–H groups in total. The molecule has 44 heavy (non-hydrogen) atoms. The van der Waals surface area contributed by atoms with Crippen LogP contribution in [0.2, 0.25) is 0 Å². The fourth-order valence-electron chi connectivity index (χ4n) is 5.85. The van der Waals surface area contributed by atoms with Crippen LogP contribution >= 0.6 is 11.8 Å². The lowest BCUT2D eigenvalue weighted by atomic mass is 10.1. The molecule has 0 saturated heterocycles. The first kappa shape index (κ1) is 36.1. The maximum Gasteiger partial charge on any atom is 0.419 e. The van der Waals surface area contributed by atoms with E-state index in [9.17, 15) is 4.79 Å². The van der Waals surface area contributed by atoms with Crippen molar-refractivity contribution in [1.29, 1.82) is 0 Å². The molecule has 1 heterocycles. The predicted molar refractivity (Wildman–Crippen MR) is 189 cm³/mol. The molecule has 0 radical (unpaired) electrons. The Labute approximate surface area is 273 Å². The highest BCUT2D eigenvalue weighted by Crippen LogP contribution is 2.50. The molecule has 1 aliphatic heterocycles. The number of anilines is 3. The van der Waals surface area contributed by atoms with Crippen LogP contribution in [0.3, 0.4) is 0 Å². The van der Waals surface area contributed by atoms with Gasteiger partial charge < -0.3 is 14.4 Å². The second-order valence-electron chi connectivity index (χ2n) is 13.3. The van der Waals surface area contributed by atoms with Gasteiger partial charge in [0.05, 0.1) is 18.5 Å². The molecule has 5 nitrogen and oxygen atoms in total. The Kier molecular flexibility index (Phi) is 15.8. The van der Waals surface area contributed by atoms with E-state index in [1.54, 1.807) is 23.8 Å². The van der Waals surface area contributed by atoms with Gasteiger partial charge in [0, 0.05) is 28.6 Å². The number of amides is 1. The number of nitrogens with zero attached hydrogens (tertiary/aromatic N) is 2. The van der Waals surface area contributed by atoms with Gasteiger partial charge in [0.15, 0.2) is 0 Å². The average Bonchev–Trinajstić information content (AvgIpc) is 2.99. The topological polar surface area (TPSA) is 42.0 Å². The summed E-state index contributed by atoms with van der Waals surface area (Å²) in [5.74, 6) is 0.783. The number of benzene rings is 2. The highest BCUT2D eigenvalue weighted by atomic mass is 32.2. The number of carbonyl (C=O) groups excluding carboxylic acids is 1. The third-order valence-corrected chi connectivity index (χ3v) is 9.41. The first-order chi connectivity index (χ1) is 21.3. The molecule has 0 atom stereocenters. The van der Waals surface area contributed by atoms with Gasteiger partial charge in [-0.2, -0.15) is 0 Å². The van der Waals surface area contributed by atoms with E-state index in [2.05, 4.69) is 36.9 Å². The Morgan fingerprint density at radius 2 is 1.18 bits per heavy atom. The van der Waals surface area contributed by atoms with Gasteiger partial charge in [-0.25, -0.2) is 9.69 Å². The SMILES string of the molecule is CCCCCCCCCCN(CCCCCCCCCC)c1ccc2c(c1)Sc1cc(OC)ccc1N2C(=O)OC(C)(C)C. The number of unbranched alkanes of at least 4 members (excludes halogenated alkanes) is 14. The molecular formula is C38H60N2O3S. The Balaban J connectivity index is 1.75. The van der Waals surface area contributed by atoms with Gasteiger partial charge >= 0.3 is 6.09 Å². The number of rotatable bonds is 20. The van der Waals surface area contributed by atoms with E-state index in [0.717, 1.165) is 40.0 Å². The first-order valence-electron chi connectivity index (χ1n) is 17.6. The van der Waals surface area contributed by atoms with Crippen LogP contribution < -0.4 is 14.5 Å². The van der Waals surface area contributed by atoms with Gasteiger partial charge in [-0.15, -0.1) is 0 Å². The maximum atomic E-state index is 13.5. The van der Waals surface area contributed by atoms with Gasteiger partial charge in [-0.1, -0.05) is 116 Å². The van der Waals surface area contributed by atoms with Crippen LogP contribution in [0.25, 0.3) is 0 Å². The first-order valence-corrected chi connectivity index (χ1v) is 18.4. The zero-order chi connectivity index (χ0) is 31.8. The zero-order valence-electron chi connectivity index (χ0n) is 28.7. The van der Waals surface area contributed by atoms with Crippen LogP contribution in [0.15, 0.2) is 46.2 Å². The van der Waals surface area contributed by atoms with Crippen LogP contribution in [0.5, 0.6) is 5.75 Å². The smallest absolute Gasteiger partial charge is 0.419 e. The lowest BCUT2D eigenvalue weighted by Crippen LogP contribution is -2.35. The van der Waals surface area contributed by atoms with Crippen molar-refractivity contribution >= 4 is 34.9 Å². The maximum absolute atomic E-state index is 13.5. The summed E-state index contributed by atoms with van der Waals surface area (Å²) in [4.78, 5) is 19.9. The molecule has 0 spiro atoms. The third kappa shape index (κ3) is 11.9. The van der Waals surface area contributed by atoms with Crippen molar-refractivity contribution in [3.8, 4) is 5.75 Å². The number of hydrogen-bond acceptors (Lipinski definition) is 5. The second kappa shape index (κ2) is 19.2. The number of ether oxygens (including phenoxy) is 2. The van der Waals surface area contributed by atoms with Crippen molar-refractivity contribution in [3.05, 3.63) is 36.4 Å². The Bertz CT molecular complexity index is 1110. The predicted octanol–water partition coefficient (Wildman–Crippen LogP) is 12.3. The van der Waals surface area contributed by atoms with Crippen LogP contribution in [0.4, 0.5) is 21.9 Å². The summed E-state index contributed by atoms with van der Waals surface area (Å²) in [6.45, 7) is 12.5. The molecule has 246 valence electrons. The Morgan fingerprint density at radius 1 is 0.705 bits per heavy atom. The van der Waals surface area contributed by atoms with Crippen molar-refractivity contribution < 1.29 is 14.3 Å². The van der Waals surface area contributed by atoms with E-state index in [1.807, 2.05) is 39.0 Å². The summed E-state index contributed by atoms with van der Waals surface area (Å²) in [7, 11) is 1.68. The van der Waals surface area contributed by atoms with E-state index >= 15 is 0 Å². The highest BCUT2D eigenvalue weighted by Gasteiger charge is 2.32. The standard InChI is InChI=1S/C38H60N2O3S/c1-7-9-11-13-15-17-19-21-27-39(28-22-20-18-16-14-12-10-8-2)31-23-25-33-35(29-31)44-36-30-32(42-6)24-26-34(36)40(33)37(41)43-38(3,4)5/h23-26,29-30H,7-22,27-28H2,1-6H3. The Hall–Kier alpha value is -2.34. The average molecular weight is 625 g/mol. The molecule has 3 rings (SSSR count). The molecule has 0 aliphatic carbocycles. The Morgan fingerprint density at radius 3 is 1.68 bits per heavy atom. The zero-order valence-corrected chi connectivity index (χ0v) is 29.5. The quantitative estimate of drug-likeness (QED) is 0.137. The molecule has 0 fully saturated rings. The van der Waals surface area contributed by atoms with Crippen molar-refractivity contribution in [2.24, 2.45) is 0 Å². The van der Waals surface area contributed by atoms with E-state index in [1.165, 1.54) is 108 Å². The van der Waals surface area contributed by atoms with Gasteiger partial charge in [0.1, 0.15) is 11.4 Å². The van der Waals surface area contributed by atoms with Crippen molar-refractivity contribution in [3.63, 3.8) is 0 Å². The van der Waals surface area contributed by atoms with Crippen LogP contribution in [0, 0.1) is 0 Å². The largest absolute Gasteiger partial charge is 0.497 e. The lowest BCUT2D eigenvalue weighted by Gasteiger charge is -2.34. The number of methoxy groups -OCH3 is 1. The van der Waals surface area contributed by atoms with Crippen LogP contribution in [-0.2, 0) is 4.74 Å². The van der Waals surface area contributed by atoms with Gasteiger partial charge in [-0.3, -0.25) is 0 Å². The molecule has 0 unspecified atom stereocenters. The summed E-state index contributed by atoms with van der Waals surface area (Å²) in [6.07, 6.45) is 20.9. The molecule has 0 aromatic heterocycles. The lowest BCUT2D eigenvalue weighted by molar-refractivity contribution is 0.0597. The minimum atomic E-state index is -0.586. The molecule has 2 aromatic rings. The van der Waals surface area contributed by atoms with Gasteiger partial charge in [0.2, 0.25) is 0 Å². The fourth-order valence-corrected chi connectivity index (χ4v) is 6.97. The molecule has 0 saturated carbocycles. The second-order valence-corrected chi connectivity index (χ2v) is 14.4. The number of carbonyl (C=O) groups is 1. The van der Waals surface area contributed by atoms with Crippen molar-refractivity contribution in [2.75, 3.05) is 30.0 Å². The van der Waals surface area contributed by atoms with Gasteiger partial charge in [-0.05, 0) is 70.0 Å². The minimum absolute atomic E-state index is 0.354. The number of hydrogen-bond donors (Lipinski definition) is 0. The van der Waals surface area contributed by atoms with Gasteiger partial charge in [0.25, 0.3) is 0 Å². The monoisotopic (exact) mass is 624 g/mol. The number of fused-ring (bicyclic) bond motifs is 2. The molecule has 2 aromatic carbocycles. The normalized spacial score (nSPS) is 12.5. The summed E-state index contributed by atoms with van der Waals surface area (Å²) in [6, 6.07) is 12.5. The molecule has 0 bridgehead atoms. The fraction of sp³-hybridized carbons (Fsp3) is 0.658. The summed E-state index contributed by atoms with van der Waals surface area (Å²) >= 11 is 1.71. The van der Waals surface area contributed by atoms with Crippen LogP contribution in [0.1, 0.15) is 137 Å². The van der Waals surface area contributed by atoms with E-state index in [0.29, 0.717) is 0 Å². The summed E-state index contributed by atoms with van der Waals surface area (Å²) in [5.41, 5.74) is 2.37. The van der Waals surface area contributed by atoms with E-state index < -0.39 is 5.60 Å². The minimum Gasteiger partial charge on any atom is -0.497 e. The molecular weight excluding hydrogens is 564 g/mol.